The number of methoxy groups -OCH3 is 1. The van der Waals surface area contributed by atoms with E-state index in [9.17, 15) is 14.7 Å². The van der Waals surface area contributed by atoms with Gasteiger partial charge in [-0.15, -0.1) is 0 Å². The molecule has 12 heteroatoms. The summed E-state index contributed by atoms with van der Waals surface area (Å²) < 4.78 is 5.47. The molecule has 5 aromatic rings. The van der Waals surface area contributed by atoms with Gasteiger partial charge in [-0.05, 0) is 24.6 Å². The van der Waals surface area contributed by atoms with Gasteiger partial charge in [0.1, 0.15) is 23.5 Å². The summed E-state index contributed by atoms with van der Waals surface area (Å²) >= 11 is 0. The largest absolute Gasteiger partial charge is 0.494 e. The fourth-order valence-electron chi connectivity index (χ4n) is 4.72. The molecule has 0 fully saturated rings. The van der Waals surface area contributed by atoms with Crippen molar-refractivity contribution in [2.75, 3.05) is 13.7 Å². The number of aromatic nitrogens is 7. The van der Waals surface area contributed by atoms with Gasteiger partial charge in [0.25, 0.3) is 11.7 Å². The highest BCUT2D eigenvalue weighted by molar-refractivity contribution is 6.45. The first-order chi connectivity index (χ1) is 18.6. The van der Waals surface area contributed by atoms with E-state index < -0.39 is 11.7 Å². The fourth-order valence-corrected chi connectivity index (χ4v) is 4.72. The van der Waals surface area contributed by atoms with Crippen LogP contribution >= 0.6 is 0 Å². The van der Waals surface area contributed by atoms with Gasteiger partial charge in [0.2, 0.25) is 0 Å². The molecule has 0 saturated carbocycles. The number of rotatable bonds is 6. The van der Waals surface area contributed by atoms with Crippen molar-refractivity contribution in [3.8, 4) is 28.5 Å². The van der Waals surface area contributed by atoms with Crippen LogP contribution in [-0.2, 0) is 24.4 Å². The van der Waals surface area contributed by atoms with E-state index in [0.717, 1.165) is 17.0 Å². The van der Waals surface area contributed by atoms with Crippen LogP contribution in [0.25, 0.3) is 33.7 Å². The van der Waals surface area contributed by atoms with Gasteiger partial charge in [-0.1, -0.05) is 6.07 Å². The predicted octanol–water partition coefficient (Wildman–Crippen LogP) is 2.07. The van der Waals surface area contributed by atoms with Crippen molar-refractivity contribution in [2.24, 2.45) is 0 Å². The van der Waals surface area contributed by atoms with E-state index in [2.05, 4.69) is 35.1 Å². The minimum absolute atomic E-state index is 0.172. The lowest BCUT2D eigenvalue weighted by molar-refractivity contribution is -0.127. The lowest BCUT2D eigenvalue weighted by Crippen LogP contribution is -2.40. The number of aromatic amines is 2. The smallest absolute Gasteiger partial charge is 0.295 e. The Labute approximate surface area is 215 Å². The zero-order valence-corrected chi connectivity index (χ0v) is 20.3. The average Bonchev–Trinajstić information content (AvgIpc) is 3.64. The normalized spacial score (nSPS) is 12.9. The predicted molar refractivity (Wildman–Crippen MR) is 135 cm³/mol. The number of aliphatic hydroxyl groups excluding tert-OH is 1. The Morgan fingerprint density at radius 1 is 1.13 bits per heavy atom. The molecule has 0 saturated heterocycles. The molecule has 5 aromatic heterocycles. The molecule has 3 N–H and O–H groups in total. The van der Waals surface area contributed by atoms with E-state index >= 15 is 0 Å². The molecule has 6 rings (SSSR count). The number of amides is 1. The number of ether oxygens (including phenoxy) is 1. The summed E-state index contributed by atoms with van der Waals surface area (Å²) in [5, 5.41) is 16.7. The van der Waals surface area contributed by atoms with Crippen LogP contribution in [0.5, 0.6) is 5.75 Å². The second kappa shape index (κ2) is 9.48. The summed E-state index contributed by atoms with van der Waals surface area (Å²) in [6, 6.07) is 7.27. The van der Waals surface area contributed by atoms with Crippen LogP contribution in [0.3, 0.4) is 0 Å². The Morgan fingerprint density at radius 2 is 2.03 bits per heavy atom. The number of pyridine rings is 2. The number of ketones is 1. The number of Topliss-reactive ketones (excluding diaryl/α,β-unsaturated/α-hetero) is 1. The van der Waals surface area contributed by atoms with Gasteiger partial charge < -0.3 is 19.7 Å². The molecular weight excluding hydrogens is 488 g/mol. The monoisotopic (exact) mass is 510 g/mol. The van der Waals surface area contributed by atoms with E-state index in [1.165, 1.54) is 30.7 Å². The number of aliphatic hydroxyl groups is 1. The van der Waals surface area contributed by atoms with E-state index in [-0.39, 0.29) is 18.7 Å². The zero-order valence-electron chi connectivity index (χ0n) is 20.3. The molecule has 1 aliphatic heterocycles. The summed E-state index contributed by atoms with van der Waals surface area (Å²) in [6.07, 6.45) is 6.62. The molecule has 0 unspecified atom stereocenters. The molecule has 38 heavy (non-hydrogen) atoms. The summed E-state index contributed by atoms with van der Waals surface area (Å²) in [5.41, 5.74) is 5.20. The molecule has 0 radical (unpaired) electrons. The van der Waals surface area contributed by atoms with Crippen LogP contribution in [-0.4, -0.2) is 70.5 Å². The first-order valence-corrected chi connectivity index (χ1v) is 11.9. The molecule has 0 bridgehead atoms. The number of carbonyl (C=O) groups excluding carboxylic acids is 2. The number of hydrogen-bond donors (Lipinski definition) is 3. The maximum Gasteiger partial charge on any atom is 0.295 e. The van der Waals surface area contributed by atoms with Gasteiger partial charge in [-0.25, -0.2) is 15.0 Å². The van der Waals surface area contributed by atoms with Crippen LogP contribution in [0.4, 0.5) is 0 Å². The second-order valence-corrected chi connectivity index (χ2v) is 8.73. The maximum atomic E-state index is 13.5. The molecule has 1 aliphatic rings. The van der Waals surface area contributed by atoms with Gasteiger partial charge in [0, 0.05) is 24.5 Å². The highest BCUT2D eigenvalue weighted by atomic mass is 16.5. The minimum atomic E-state index is -0.674. The number of nitrogens with zero attached hydrogens (tertiary/aromatic N) is 6. The van der Waals surface area contributed by atoms with Crippen LogP contribution in [0.2, 0.25) is 0 Å². The van der Waals surface area contributed by atoms with Crippen molar-refractivity contribution < 1.29 is 19.4 Å². The number of hydrogen-bond acceptors (Lipinski definition) is 9. The average molecular weight is 511 g/mol. The Kier molecular flexibility index (Phi) is 5.85. The van der Waals surface area contributed by atoms with Gasteiger partial charge in [-0.3, -0.25) is 19.7 Å². The minimum Gasteiger partial charge on any atom is -0.494 e. The Hall–Kier alpha value is -4.97. The highest BCUT2D eigenvalue weighted by Gasteiger charge is 2.31. The van der Waals surface area contributed by atoms with Gasteiger partial charge in [0.15, 0.2) is 0 Å². The van der Waals surface area contributed by atoms with Gasteiger partial charge in [0.05, 0.1) is 65.7 Å². The van der Waals surface area contributed by atoms with Crippen LogP contribution in [0.15, 0.2) is 49.2 Å². The lowest BCUT2D eigenvalue weighted by atomic mass is 10.00. The number of nitrogens with one attached hydrogen (secondary N) is 2. The number of fused-ring (bicyclic) bond motifs is 2. The van der Waals surface area contributed by atoms with E-state index in [1.807, 2.05) is 18.2 Å². The molecule has 6 heterocycles. The SMILES string of the molecule is COc1cnc(-c2cc(CO)[nH]n2)c2[nH]cc(C(=O)C(=O)N3CCc4c(ncnc4-c4ccccn4)C3)c12. The standard InChI is InChI=1S/C26H22N8O4/c1-38-20-10-29-23(18-8-14(12-35)32-33-18)24-21(20)16(9-28-24)25(36)26(37)34-7-5-15-19(11-34)30-13-31-22(15)17-4-2-3-6-27-17/h2-4,6,8-10,13,28,35H,5,7,11-12H2,1H3,(H,32,33). The van der Waals surface area contributed by atoms with Crippen molar-refractivity contribution in [3.63, 3.8) is 0 Å². The Morgan fingerprint density at radius 3 is 2.79 bits per heavy atom. The van der Waals surface area contributed by atoms with Gasteiger partial charge in [-0.2, -0.15) is 5.10 Å². The van der Waals surface area contributed by atoms with Crippen molar-refractivity contribution in [1.82, 2.24) is 40.0 Å². The molecule has 1 amide bonds. The van der Waals surface area contributed by atoms with Crippen LogP contribution in [0.1, 0.15) is 27.3 Å². The summed E-state index contributed by atoms with van der Waals surface area (Å²) in [4.78, 5) is 49.1. The quantitative estimate of drug-likeness (QED) is 0.229. The summed E-state index contributed by atoms with van der Waals surface area (Å²) in [7, 11) is 1.47. The Bertz CT molecular complexity index is 1680. The van der Waals surface area contributed by atoms with Crippen molar-refractivity contribution in [2.45, 2.75) is 19.6 Å². The van der Waals surface area contributed by atoms with Gasteiger partial charge >= 0.3 is 0 Å². The second-order valence-electron chi connectivity index (χ2n) is 8.73. The third-order valence-electron chi connectivity index (χ3n) is 6.58. The Balaban J connectivity index is 1.32. The molecule has 0 aromatic carbocycles. The zero-order chi connectivity index (χ0) is 26.2. The molecule has 0 aliphatic carbocycles. The lowest BCUT2D eigenvalue weighted by Gasteiger charge is -2.28. The molecule has 190 valence electrons. The topological polar surface area (TPSA) is 163 Å². The molecule has 12 nitrogen and oxygen atoms in total. The summed E-state index contributed by atoms with van der Waals surface area (Å²) in [6.45, 7) is 0.322. The molecular formula is C26H22N8O4. The first kappa shape index (κ1) is 23.4. The van der Waals surface area contributed by atoms with Crippen LogP contribution < -0.4 is 4.74 Å². The summed E-state index contributed by atoms with van der Waals surface area (Å²) in [5.74, 6) is -0.972. The molecule has 0 spiro atoms. The van der Waals surface area contributed by atoms with E-state index in [1.54, 1.807) is 12.3 Å². The third kappa shape index (κ3) is 3.87. The van der Waals surface area contributed by atoms with Crippen molar-refractivity contribution >= 4 is 22.6 Å². The van der Waals surface area contributed by atoms with Crippen molar-refractivity contribution in [1.29, 1.82) is 0 Å². The number of H-pyrrole nitrogens is 2. The number of carbonyl (C=O) groups is 2. The first-order valence-electron chi connectivity index (χ1n) is 11.9. The molecule has 0 atom stereocenters. The van der Waals surface area contributed by atoms with Crippen LogP contribution in [0, 0.1) is 0 Å². The van der Waals surface area contributed by atoms with E-state index in [0.29, 0.717) is 52.4 Å². The fraction of sp³-hybridized carbons (Fsp3) is 0.192. The van der Waals surface area contributed by atoms with Crippen molar-refractivity contribution in [3.05, 3.63) is 71.7 Å². The highest BCUT2D eigenvalue weighted by Crippen LogP contribution is 2.35. The third-order valence-corrected chi connectivity index (χ3v) is 6.58. The maximum absolute atomic E-state index is 13.5. The van der Waals surface area contributed by atoms with E-state index in [4.69, 9.17) is 4.74 Å².